The second-order valence-electron chi connectivity index (χ2n) is 5.86. The van der Waals surface area contributed by atoms with Crippen molar-refractivity contribution in [2.45, 2.75) is 25.9 Å². The van der Waals surface area contributed by atoms with Crippen molar-refractivity contribution in [3.63, 3.8) is 0 Å². The van der Waals surface area contributed by atoms with Gasteiger partial charge in [0.1, 0.15) is 0 Å². The van der Waals surface area contributed by atoms with E-state index in [9.17, 15) is 8.42 Å². The minimum absolute atomic E-state index is 0.522. The minimum atomic E-state index is -3.21. The third-order valence-electron chi connectivity index (χ3n) is 2.99. The molecule has 114 valence electrons. The fourth-order valence-electron chi connectivity index (χ4n) is 2.25. The molecule has 0 saturated carbocycles. The van der Waals surface area contributed by atoms with Crippen molar-refractivity contribution in [1.82, 2.24) is 15.0 Å². The first kappa shape index (κ1) is 15.9. The number of nitrogens with zero attached hydrogens (tertiary/aromatic N) is 1. The Morgan fingerprint density at radius 3 is 2.57 bits per heavy atom. The van der Waals surface area contributed by atoms with Gasteiger partial charge < -0.3 is 5.32 Å². The molecule has 2 rings (SSSR count). The SMILES string of the molecule is CC(C)(CNCc1ccc2ccccc2n1)NS(C)(=O)=O. The first-order valence-corrected chi connectivity index (χ1v) is 8.69. The Bertz CT molecular complexity index is 727. The van der Waals surface area contributed by atoms with E-state index in [-0.39, 0.29) is 0 Å². The molecule has 0 amide bonds. The van der Waals surface area contributed by atoms with Crippen LogP contribution in [0.15, 0.2) is 36.4 Å². The van der Waals surface area contributed by atoms with Gasteiger partial charge in [-0.05, 0) is 26.0 Å². The maximum Gasteiger partial charge on any atom is 0.209 e. The van der Waals surface area contributed by atoms with Gasteiger partial charge >= 0.3 is 0 Å². The number of nitrogens with one attached hydrogen (secondary N) is 2. The standard InChI is InChI=1S/C15H21N3O2S/c1-15(2,18-21(3,19)20)11-16-10-13-9-8-12-6-4-5-7-14(12)17-13/h4-9,16,18H,10-11H2,1-3H3. The number of hydrogen-bond acceptors (Lipinski definition) is 4. The number of aromatic nitrogens is 1. The van der Waals surface area contributed by atoms with Crippen LogP contribution in [0.1, 0.15) is 19.5 Å². The smallest absolute Gasteiger partial charge is 0.209 e. The van der Waals surface area contributed by atoms with E-state index < -0.39 is 15.6 Å². The highest BCUT2D eigenvalue weighted by Crippen LogP contribution is 2.11. The average molecular weight is 307 g/mol. The summed E-state index contributed by atoms with van der Waals surface area (Å²) in [4.78, 5) is 4.57. The molecule has 0 bridgehead atoms. The van der Waals surface area contributed by atoms with Crippen molar-refractivity contribution in [3.05, 3.63) is 42.1 Å². The molecule has 0 radical (unpaired) electrons. The van der Waals surface area contributed by atoms with Crippen molar-refractivity contribution < 1.29 is 8.42 Å². The summed E-state index contributed by atoms with van der Waals surface area (Å²) in [6.45, 7) is 4.80. The summed E-state index contributed by atoms with van der Waals surface area (Å²) >= 11 is 0. The third kappa shape index (κ3) is 5.08. The Balaban J connectivity index is 1.96. The number of pyridine rings is 1. The topological polar surface area (TPSA) is 71.1 Å². The molecule has 0 fully saturated rings. The zero-order chi connectivity index (χ0) is 15.5. The number of benzene rings is 1. The molecular weight excluding hydrogens is 286 g/mol. The average Bonchev–Trinajstić information content (AvgIpc) is 2.35. The monoisotopic (exact) mass is 307 g/mol. The molecule has 0 spiro atoms. The summed E-state index contributed by atoms with van der Waals surface area (Å²) in [5.74, 6) is 0. The van der Waals surface area contributed by atoms with Crippen molar-refractivity contribution in [2.24, 2.45) is 0 Å². The summed E-state index contributed by atoms with van der Waals surface area (Å²) in [6, 6.07) is 12.0. The van der Waals surface area contributed by atoms with Crippen LogP contribution in [0.25, 0.3) is 10.9 Å². The zero-order valence-electron chi connectivity index (χ0n) is 12.6. The van der Waals surface area contributed by atoms with Crippen LogP contribution >= 0.6 is 0 Å². The van der Waals surface area contributed by atoms with Crippen LogP contribution in [0.2, 0.25) is 0 Å². The van der Waals surface area contributed by atoms with E-state index in [4.69, 9.17) is 0 Å². The largest absolute Gasteiger partial charge is 0.309 e. The van der Waals surface area contributed by atoms with Gasteiger partial charge in [0.2, 0.25) is 10.0 Å². The lowest BCUT2D eigenvalue weighted by atomic mass is 10.1. The summed E-state index contributed by atoms with van der Waals surface area (Å²) in [6.07, 6.45) is 1.17. The molecular formula is C15H21N3O2S. The normalized spacial score (nSPS) is 12.7. The maximum atomic E-state index is 11.3. The van der Waals surface area contributed by atoms with Crippen molar-refractivity contribution in [3.8, 4) is 0 Å². The number of para-hydroxylation sites is 1. The van der Waals surface area contributed by atoms with Crippen LogP contribution in [0.4, 0.5) is 0 Å². The molecule has 21 heavy (non-hydrogen) atoms. The number of hydrogen-bond donors (Lipinski definition) is 2. The van der Waals surface area contributed by atoms with Crippen molar-refractivity contribution in [2.75, 3.05) is 12.8 Å². The summed E-state index contributed by atoms with van der Waals surface area (Å²) < 4.78 is 25.2. The first-order chi connectivity index (χ1) is 9.75. The van der Waals surface area contributed by atoms with Gasteiger partial charge in [0, 0.05) is 24.0 Å². The van der Waals surface area contributed by atoms with Crippen LogP contribution in [0.5, 0.6) is 0 Å². The predicted molar refractivity (Wildman–Crippen MR) is 85.5 cm³/mol. The van der Waals surface area contributed by atoms with Crippen LogP contribution in [-0.4, -0.2) is 31.7 Å². The molecule has 0 aliphatic carbocycles. The van der Waals surface area contributed by atoms with E-state index in [1.807, 2.05) is 50.2 Å². The Morgan fingerprint density at radius 2 is 1.86 bits per heavy atom. The quantitative estimate of drug-likeness (QED) is 0.851. The van der Waals surface area contributed by atoms with Crippen LogP contribution in [0, 0.1) is 0 Å². The van der Waals surface area contributed by atoms with Gasteiger partial charge in [-0.15, -0.1) is 0 Å². The fraction of sp³-hybridized carbons (Fsp3) is 0.400. The van der Waals surface area contributed by atoms with Crippen LogP contribution < -0.4 is 10.0 Å². The highest BCUT2D eigenvalue weighted by Gasteiger charge is 2.21. The first-order valence-electron chi connectivity index (χ1n) is 6.80. The fourth-order valence-corrected chi connectivity index (χ4v) is 3.32. The second-order valence-corrected chi connectivity index (χ2v) is 7.61. The molecule has 0 unspecified atom stereocenters. The lowest BCUT2D eigenvalue weighted by Crippen LogP contribution is -2.49. The van der Waals surface area contributed by atoms with Crippen LogP contribution in [-0.2, 0) is 16.6 Å². The van der Waals surface area contributed by atoms with E-state index in [0.29, 0.717) is 13.1 Å². The molecule has 0 saturated heterocycles. The molecule has 5 nitrogen and oxygen atoms in total. The summed E-state index contributed by atoms with van der Waals surface area (Å²) in [5.41, 5.74) is 1.36. The molecule has 1 heterocycles. The Labute approximate surface area is 125 Å². The Kier molecular flexibility index (Phi) is 4.61. The Morgan fingerprint density at radius 1 is 1.14 bits per heavy atom. The minimum Gasteiger partial charge on any atom is -0.309 e. The van der Waals surface area contributed by atoms with Gasteiger partial charge in [-0.3, -0.25) is 4.98 Å². The van der Waals surface area contributed by atoms with Gasteiger partial charge in [-0.25, -0.2) is 13.1 Å². The van der Waals surface area contributed by atoms with Gasteiger partial charge in [0.15, 0.2) is 0 Å². The molecule has 1 aromatic heterocycles. The summed E-state index contributed by atoms with van der Waals surface area (Å²) in [7, 11) is -3.21. The van der Waals surface area contributed by atoms with Gasteiger partial charge in [-0.2, -0.15) is 0 Å². The molecule has 1 aromatic carbocycles. The maximum absolute atomic E-state index is 11.3. The van der Waals surface area contributed by atoms with Crippen LogP contribution in [0.3, 0.4) is 0 Å². The highest BCUT2D eigenvalue weighted by atomic mass is 32.2. The lowest BCUT2D eigenvalue weighted by molar-refractivity contribution is 0.420. The molecule has 0 aliphatic rings. The zero-order valence-corrected chi connectivity index (χ0v) is 13.4. The Hall–Kier alpha value is -1.50. The van der Waals surface area contributed by atoms with Crippen molar-refractivity contribution >= 4 is 20.9 Å². The van der Waals surface area contributed by atoms with Gasteiger partial charge in [0.05, 0.1) is 17.5 Å². The second kappa shape index (κ2) is 6.09. The van der Waals surface area contributed by atoms with E-state index in [1.165, 1.54) is 6.26 Å². The van der Waals surface area contributed by atoms with E-state index in [0.717, 1.165) is 16.6 Å². The molecule has 0 atom stereocenters. The van der Waals surface area contributed by atoms with Gasteiger partial charge in [0.25, 0.3) is 0 Å². The molecule has 6 heteroatoms. The van der Waals surface area contributed by atoms with Gasteiger partial charge in [-0.1, -0.05) is 24.3 Å². The molecule has 2 N–H and O–H groups in total. The van der Waals surface area contributed by atoms with Crippen molar-refractivity contribution in [1.29, 1.82) is 0 Å². The number of rotatable bonds is 6. The van der Waals surface area contributed by atoms with E-state index in [1.54, 1.807) is 0 Å². The number of sulfonamides is 1. The highest BCUT2D eigenvalue weighted by molar-refractivity contribution is 7.88. The van der Waals surface area contributed by atoms with E-state index >= 15 is 0 Å². The van der Waals surface area contributed by atoms with E-state index in [2.05, 4.69) is 15.0 Å². The summed E-state index contributed by atoms with van der Waals surface area (Å²) in [5, 5.41) is 4.35. The number of fused-ring (bicyclic) bond motifs is 1. The predicted octanol–water partition coefficient (Wildman–Crippen LogP) is 1.65. The third-order valence-corrected chi connectivity index (χ3v) is 3.91. The lowest BCUT2D eigenvalue weighted by Gasteiger charge is -2.25. The molecule has 0 aliphatic heterocycles. The molecule has 2 aromatic rings.